The number of carbonyl (C=O) groups is 1. The number of halogens is 4. The number of piperazine rings is 1. The van der Waals surface area contributed by atoms with Crippen molar-refractivity contribution in [2.45, 2.75) is 56.5 Å². The van der Waals surface area contributed by atoms with Crippen molar-refractivity contribution < 1.29 is 27.1 Å². The molecule has 3 atom stereocenters. The van der Waals surface area contributed by atoms with Crippen LogP contribution in [0.5, 0.6) is 6.01 Å². The minimum atomic E-state index is -1.12. The summed E-state index contributed by atoms with van der Waals surface area (Å²) >= 11 is 0. The van der Waals surface area contributed by atoms with Crippen molar-refractivity contribution in [2.75, 3.05) is 57.3 Å². The molecule has 3 saturated heterocycles. The van der Waals surface area contributed by atoms with Crippen molar-refractivity contribution in [1.29, 1.82) is 5.26 Å². The average molecular weight is 781 g/mol. The number of carbonyl (C=O) groups excluding carboxylic acids is 1. The summed E-state index contributed by atoms with van der Waals surface area (Å²) in [5.74, 6) is -3.00. The second kappa shape index (κ2) is 15.0. The van der Waals surface area contributed by atoms with E-state index in [1.807, 2.05) is 21.7 Å². The summed E-state index contributed by atoms with van der Waals surface area (Å²) in [6, 6.07) is 10.7. The average Bonchev–Trinajstić information content (AvgIpc) is 3.92. The van der Waals surface area contributed by atoms with Gasteiger partial charge in [-0.2, -0.15) is 20.3 Å². The highest BCUT2D eigenvalue weighted by Crippen LogP contribution is 2.41. The third kappa shape index (κ3) is 6.82. The van der Waals surface area contributed by atoms with Crippen LogP contribution in [0.1, 0.15) is 31.4 Å². The lowest BCUT2D eigenvalue weighted by atomic mass is 9.95. The molecule has 294 valence electrons. The fraction of sp³-hybridized carbons (Fsp3) is 0.415. The number of ether oxygens (including phenoxy) is 1. The van der Waals surface area contributed by atoms with Crippen LogP contribution < -0.4 is 9.64 Å². The first kappa shape index (κ1) is 36.9. The predicted molar refractivity (Wildman–Crippen MR) is 203 cm³/mol. The van der Waals surface area contributed by atoms with Gasteiger partial charge in [-0.25, -0.2) is 17.6 Å². The number of nitriles is 1. The molecule has 0 spiro atoms. The lowest BCUT2D eigenvalue weighted by molar-refractivity contribution is -0.128. The van der Waals surface area contributed by atoms with E-state index in [0.29, 0.717) is 31.4 Å². The van der Waals surface area contributed by atoms with E-state index in [9.17, 15) is 18.8 Å². The first-order valence-electron chi connectivity index (χ1n) is 19.3. The zero-order chi connectivity index (χ0) is 39.3. The largest absolute Gasteiger partial charge is 0.461 e. The molecule has 1 amide bonds. The van der Waals surface area contributed by atoms with E-state index in [1.54, 1.807) is 29.3 Å². The quantitative estimate of drug-likeness (QED) is 0.142. The number of hydrogen-bond donors (Lipinski definition) is 0. The minimum Gasteiger partial charge on any atom is -0.461 e. The van der Waals surface area contributed by atoms with E-state index in [0.717, 1.165) is 50.8 Å². The van der Waals surface area contributed by atoms with Gasteiger partial charge in [0.15, 0.2) is 17.5 Å². The molecule has 2 aromatic carbocycles. The molecule has 9 rings (SSSR count). The highest BCUT2D eigenvalue weighted by Gasteiger charge is 2.49. The minimum absolute atomic E-state index is 0.0429. The second-order valence-corrected chi connectivity index (χ2v) is 15.3. The fourth-order valence-corrected chi connectivity index (χ4v) is 9.08. The van der Waals surface area contributed by atoms with Gasteiger partial charge in [-0.1, -0.05) is 30.3 Å². The SMILES string of the molecule is N#CC[C@H]1CN(c2nc(OC[C@@]34CCCN3C[C@H](F)C4)nc3c(F)c(-c4cccc5ccc(F)c(F)c45)ncc23)CCN1C(=O)/C=C/CN1CCn2nccc2C1. The van der Waals surface area contributed by atoms with E-state index >= 15 is 8.78 Å². The molecule has 7 heterocycles. The molecular weight excluding hydrogens is 741 g/mol. The van der Waals surface area contributed by atoms with Gasteiger partial charge in [0.1, 0.15) is 29.8 Å². The molecule has 0 unspecified atom stereocenters. The Balaban J connectivity index is 1.03. The van der Waals surface area contributed by atoms with Gasteiger partial charge < -0.3 is 14.5 Å². The Morgan fingerprint density at radius 3 is 2.81 bits per heavy atom. The number of anilines is 1. The van der Waals surface area contributed by atoms with E-state index < -0.39 is 35.2 Å². The maximum Gasteiger partial charge on any atom is 0.319 e. The van der Waals surface area contributed by atoms with Crippen LogP contribution in [0.2, 0.25) is 0 Å². The highest BCUT2D eigenvalue weighted by molar-refractivity contribution is 5.99. The van der Waals surface area contributed by atoms with Crippen LogP contribution in [0.4, 0.5) is 23.4 Å². The Morgan fingerprint density at radius 1 is 1.04 bits per heavy atom. The van der Waals surface area contributed by atoms with Crippen molar-refractivity contribution in [3.63, 3.8) is 0 Å². The number of alkyl halides is 1. The van der Waals surface area contributed by atoms with Gasteiger partial charge in [-0.3, -0.25) is 24.3 Å². The molecule has 0 saturated carbocycles. The van der Waals surface area contributed by atoms with Crippen LogP contribution >= 0.6 is 0 Å². The number of pyridine rings is 1. The molecule has 5 aromatic rings. The first-order valence-corrected chi connectivity index (χ1v) is 19.3. The number of rotatable bonds is 9. The van der Waals surface area contributed by atoms with Crippen molar-refractivity contribution in [2.24, 2.45) is 0 Å². The number of amides is 1. The molecule has 3 fully saturated rings. The highest BCUT2D eigenvalue weighted by atomic mass is 19.2. The number of aromatic nitrogens is 5. The second-order valence-electron chi connectivity index (χ2n) is 15.3. The van der Waals surface area contributed by atoms with Gasteiger partial charge in [0, 0.05) is 81.7 Å². The van der Waals surface area contributed by atoms with Gasteiger partial charge in [-0.15, -0.1) is 0 Å². The predicted octanol–water partition coefficient (Wildman–Crippen LogP) is 5.42. The molecule has 4 aliphatic rings. The number of hydrogen-bond acceptors (Lipinski definition) is 10. The van der Waals surface area contributed by atoms with Gasteiger partial charge in [-0.05, 0) is 36.9 Å². The summed E-state index contributed by atoms with van der Waals surface area (Å²) in [5.41, 5.74) is 0.257. The zero-order valence-corrected chi connectivity index (χ0v) is 31.1. The first-order chi connectivity index (χ1) is 27.7. The van der Waals surface area contributed by atoms with Crippen LogP contribution in [0.25, 0.3) is 32.9 Å². The third-order valence-corrected chi connectivity index (χ3v) is 11.9. The summed E-state index contributed by atoms with van der Waals surface area (Å²) in [7, 11) is 0. The molecule has 3 aromatic heterocycles. The monoisotopic (exact) mass is 780 g/mol. The maximum atomic E-state index is 16.9. The van der Waals surface area contributed by atoms with E-state index in [1.165, 1.54) is 18.3 Å². The van der Waals surface area contributed by atoms with Crippen molar-refractivity contribution in [3.05, 3.63) is 84.1 Å². The molecule has 0 N–H and O–H groups in total. The number of nitrogens with zero attached hydrogens (tertiary/aromatic N) is 10. The number of benzene rings is 2. The molecule has 16 heteroatoms. The summed E-state index contributed by atoms with van der Waals surface area (Å²) in [5, 5.41) is 14.6. The summed E-state index contributed by atoms with van der Waals surface area (Å²) in [4.78, 5) is 35.1. The van der Waals surface area contributed by atoms with Crippen LogP contribution in [0.3, 0.4) is 0 Å². The zero-order valence-electron chi connectivity index (χ0n) is 31.1. The standard InChI is InChI=1S/C41H40F4N10O2/c42-27-20-41(11-3-15-53(41)22-27)25-57-40-49-38-31(21-47-37(36(38)45)30-5-1-4-26-7-8-32(43)35(44)34(26)30)39(50-40)52-17-18-54(28(24-52)9-12-46)33(56)6-2-14-51-16-19-55-29(23-51)10-13-48-55/h1-2,4-8,10,13,21,27-28H,3,9,11,14-20,22-25H2/b6-2+/t27-,28+,41+/m1/s1. The normalized spacial score (nSPS) is 22.7. The molecule has 4 aliphatic heterocycles. The van der Waals surface area contributed by atoms with Gasteiger partial charge in [0.2, 0.25) is 5.91 Å². The summed E-state index contributed by atoms with van der Waals surface area (Å²) < 4.78 is 69.5. The molecule has 0 radical (unpaired) electrons. The number of fused-ring (bicyclic) bond motifs is 4. The van der Waals surface area contributed by atoms with Crippen molar-refractivity contribution >= 4 is 33.4 Å². The van der Waals surface area contributed by atoms with Crippen molar-refractivity contribution in [3.8, 4) is 23.3 Å². The topological polar surface area (TPSA) is 120 Å². The smallest absolute Gasteiger partial charge is 0.319 e. The van der Waals surface area contributed by atoms with Gasteiger partial charge in [0.25, 0.3) is 0 Å². The van der Waals surface area contributed by atoms with Crippen LogP contribution in [0.15, 0.2) is 60.9 Å². The van der Waals surface area contributed by atoms with Crippen LogP contribution in [-0.4, -0.2) is 116 Å². The van der Waals surface area contributed by atoms with E-state index in [4.69, 9.17) is 9.72 Å². The molecular formula is C41H40F4N10O2. The van der Waals surface area contributed by atoms with E-state index in [-0.39, 0.29) is 71.4 Å². The van der Waals surface area contributed by atoms with Crippen molar-refractivity contribution in [1.82, 2.24) is 39.4 Å². The molecule has 57 heavy (non-hydrogen) atoms. The summed E-state index contributed by atoms with van der Waals surface area (Å²) in [6.07, 6.45) is 7.58. The van der Waals surface area contributed by atoms with Crippen LogP contribution in [0, 0.1) is 28.8 Å². The Morgan fingerprint density at radius 2 is 1.93 bits per heavy atom. The Hall–Kier alpha value is -5.66. The van der Waals surface area contributed by atoms with Crippen LogP contribution in [-0.2, 0) is 17.9 Å². The summed E-state index contributed by atoms with van der Waals surface area (Å²) in [6.45, 7) is 4.83. The molecule has 12 nitrogen and oxygen atoms in total. The molecule has 0 aliphatic carbocycles. The maximum absolute atomic E-state index is 16.9. The Kier molecular flexibility index (Phi) is 9.73. The lowest BCUT2D eigenvalue weighted by Gasteiger charge is -2.41. The molecule has 0 bridgehead atoms. The van der Waals surface area contributed by atoms with E-state index in [2.05, 4.69) is 30.9 Å². The third-order valence-electron chi connectivity index (χ3n) is 11.9. The van der Waals surface area contributed by atoms with Gasteiger partial charge >= 0.3 is 6.01 Å². The Labute approximate surface area is 325 Å². The fourth-order valence-electron chi connectivity index (χ4n) is 9.08. The van der Waals surface area contributed by atoms with Gasteiger partial charge in [0.05, 0.1) is 41.7 Å². The Bertz CT molecular complexity index is 2440. The lowest BCUT2D eigenvalue weighted by Crippen LogP contribution is -2.55.